The van der Waals surface area contributed by atoms with E-state index in [9.17, 15) is 4.79 Å². The summed E-state index contributed by atoms with van der Waals surface area (Å²) >= 11 is 0. The van der Waals surface area contributed by atoms with Gasteiger partial charge in [0.05, 0.1) is 0 Å². The predicted molar refractivity (Wildman–Crippen MR) is 45.4 cm³/mol. The Kier molecular flexibility index (Phi) is 2.45. The van der Waals surface area contributed by atoms with Crippen molar-refractivity contribution in [2.75, 3.05) is 20.6 Å². The lowest BCUT2D eigenvalue weighted by Crippen LogP contribution is -2.19. The van der Waals surface area contributed by atoms with Crippen molar-refractivity contribution in [1.29, 1.82) is 0 Å². The van der Waals surface area contributed by atoms with Gasteiger partial charge in [-0.15, -0.1) is 0 Å². The Hall–Kier alpha value is -0.630. The van der Waals surface area contributed by atoms with Gasteiger partial charge in [-0.1, -0.05) is 6.08 Å². The van der Waals surface area contributed by atoms with Crippen molar-refractivity contribution in [3.05, 3.63) is 11.6 Å². The van der Waals surface area contributed by atoms with Crippen molar-refractivity contribution in [3.8, 4) is 0 Å². The number of Topliss-reactive ketones (excluding diaryl/α,β-unsaturated/α-hetero) is 1. The highest BCUT2D eigenvalue weighted by molar-refractivity contribution is 5.97. The highest BCUT2D eigenvalue weighted by Crippen LogP contribution is 2.20. The van der Waals surface area contributed by atoms with Gasteiger partial charge < -0.3 is 4.90 Å². The van der Waals surface area contributed by atoms with E-state index >= 15 is 0 Å². The van der Waals surface area contributed by atoms with Crippen LogP contribution < -0.4 is 0 Å². The third kappa shape index (κ3) is 2.15. The van der Waals surface area contributed by atoms with Crippen LogP contribution in [0.5, 0.6) is 0 Å². The Morgan fingerprint density at radius 2 is 2.27 bits per heavy atom. The molecule has 0 aromatic rings. The minimum absolute atomic E-state index is 0.317. The summed E-state index contributed by atoms with van der Waals surface area (Å²) in [5.74, 6) is 0.773. The van der Waals surface area contributed by atoms with E-state index in [2.05, 4.69) is 11.0 Å². The smallest absolute Gasteiger partial charge is 0.158 e. The molecule has 1 aliphatic carbocycles. The van der Waals surface area contributed by atoms with Gasteiger partial charge in [0.2, 0.25) is 0 Å². The Morgan fingerprint density at radius 3 is 2.64 bits per heavy atom. The fourth-order valence-electron chi connectivity index (χ4n) is 1.49. The Bertz CT molecular complexity index is 194. The molecular weight excluding hydrogens is 138 g/mol. The number of carbonyl (C=O) groups is 1. The van der Waals surface area contributed by atoms with Crippen LogP contribution in [0.2, 0.25) is 0 Å². The quantitative estimate of drug-likeness (QED) is 0.591. The minimum atomic E-state index is 0.317. The zero-order chi connectivity index (χ0) is 8.43. The molecule has 1 atom stereocenters. The lowest BCUT2D eigenvalue weighted by Gasteiger charge is -2.12. The normalized spacial score (nSPS) is 24.5. The first-order valence-electron chi connectivity index (χ1n) is 3.96. The summed E-state index contributed by atoms with van der Waals surface area (Å²) < 4.78 is 0. The van der Waals surface area contributed by atoms with E-state index in [4.69, 9.17) is 0 Å². The molecule has 62 valence electrons. The van der Waals surface area contributed by atoms with Crippen LogP contribution in [-0.2, 0) is 4.79 Å². The maximum absolute atomic E-state index is 11.1. The summed E-state index contributed by atoms with van der Waals surface area (Å²) in [6.45, 7) is 2.89. The van der Waals surface area contributed by atoms with Crippen molar-refractivity contribution in [2.24, 2.45) is 5.92 Å². The van der Waals surface area contributed by atoms with E-state index in [1.165, 1.54) is 0 Å². The first-order valence-corrected chi connectivity index (χ1v) is 3.96. The lowest BCUT2D eigenvalue weighted by atomic mass is 10.1. The predicted octanol–water partition coefficient (Wildman–Crippen LogP) is 1.08. The van der Waals surface area contributed by atoms with Gasteiger partial charge in [-0.05, 0) is 32.5 Å². The molecule has 0 saturated heterocycles. The molecule has 0 aromatic carbocycles. The van der Waals surface area contributed by atoms with E-state index in [0.717, 1.165) is 12.1 Å². The average molecular weight is 153 g/mol. The van der Waals surface area contributed by atoms with Crippen molar-refractivity contribution < 1.29 is 4.79 Å². The SMILES string of the molecule is CC1=C[C@H](CN(C)C)CC1=O. The van der Waals surface area contributed by atoms with Crippen LogP contribution in [0.4, 0.5) is 0 Å². The monoisotopic (exact) mass is 153 g/mol. The number of rotatable bonds is 2. The second-order valence-electron chi connectivity index (χ2n) is 3.50. The molecule has 2 nitrogen and oxygen atoms in total. The molecule has 0 bridgehead atoms. The van der Waals surface area contributed by atoms with Crippen LogP contribution in [0.1, 0.15) is 13.3 Å². The number of allylic oxidation sites excluding steroid dienone is 1. The van der Waals surface area contributed by atoms with E-state index in [1.807, 2.05) is 21.0 Å². The Morgan fingerprint density at radius 1 is 1.64 bits per heavy atom. The second kappa shape index (κ2) is 3.18. The summed E-state index contributed by atoms with van der Waals surface area (Å²) in [7, 11) is 4.07. The Labute approximate surface area is 67.9 Å². The highest BCUT2D eigenvalue weighted by Gasteiger charge is 2.20. The van der Waals surface area contributed by atoms with Crippen LogP contribution in [0.25, 0.3) is 0 Å². The van der Waals surface area contributed by atoms with Gasteiger partial charge in [0.25, 0.3) is 0 Å². The third-order valence-corrected chi connectivity index (χ3v) is 1.97. The molecule has 0 unspecified atom stereocenters. The number of carbonyl (C=O) groups excluding carboxylic acids is 1. The van der Waals surface area contributed by atoms with Crippen molar-refractivity contribution in [2.45, 2.75) is 13.3 Å². The summed E-state index contributed by atoms with van der Waals surface area (Å²) in [6, 6.07) is 0. The van der Waals surface area contributed by atoms with Gasteiger partial charge >= 0.3 is 0 Å². The summed E-state index contributed by atoms with van der Waals surface area (Å²) in [5, 5.41) is 0. The molecule has 1 aliphatic rings. The fraction of sp³-hybridized carbons (Fsp3) is 0.667. The molecule has 0 amide bonds. The molecule has 0 spiro atoms. The van der Waals surface area contributed by atoms with Crippen molar-refractivity contribution in [1.82, 2.24) is 4.90 Å². The molecule has 1 rings (SSSR count). The van der Waals surface area contributed by atoms with E-state index in [-0.39, 0.29) is 0 Å². The molecule has 2 heteroatoms. The number of nitrogens with zero attached hydrogens (tertiary/aromatic N) is 1. The minimum Gasteiger partial charge on any atom is -0.309 e. The summed E-state index contributed by atoms with van der Waals surface area (Å²) in [4.78, 5) is 13.2. The highest BCUT2D eigenvalue weighted by atomic mass is 16.1. The second-order valence-corrected chi connectivity index (χ2v) is 3.50. The zero-order valence-corrected chi connectivity index (χ0v) is 7.42. The van der Waals surface area contributed by atoms with E-state index < -0.39 is 0 Å². The number of hydrogen-bond donors (Lipinski definition) is 0. The molecule has 0 saturated carbocycles. The van der Waals surface area contributed by atoms with Crippen molar-refractivity contribution >= 4 is 5.78 Å². The van der Waals surface area contributed by atoms with E-state index in [0.29, 0.717) is 18.1 Å². The zero-order valence-electron chi connectivity index (χ0n) is 7.42. The molecular formula is C9H15NO. The van der Waals surface area contributed by atoms with Gasteiger partial charge in [-0.3, -0.25) is 4.79 Å². The van der Waals surface area contributed by atoms with Crippen LogP contribution in [0.3, 0.4) is 0 Å². The van der Waals surface area contributed by atoms with Crippen LogP contribution in [-0.4, -0.2) is 31.3 Å². The van der Waals surface area contributed by atoms with Gasteiger partial charge in [0, 0.05) is 13.0 Å². The molecule has 11 heavy (non-hydrogen) atoms. The molecule has 0 aromatic heterocycles. The summed E-state index contributed by atoms with van der Waals surface area (Å²) in [5.41, 5.74) is 0.942. The van der Waals surface area contributed by atoms with Crippen LogP contribution >= 0.6 is 0 Å². The van der Waals surface area contributed by atoms with Crippen molar-refractivity contribution in [3.63, 3.8) is 0 Å². The molecule has 0 heterocycles. The largest absolute Gasteiger partial charge is 0.309 e. The lowest BCUT2D eigenvalue weighted by molar-refractivity contribution is -0.115. The average Bonchev–Trinajstić information content (AvgIpc) is 2.10. The van der Waals surface area contributed by atoms with Crippen LogP contribution in [0, 0.1) is 5.92 Å². The molecule has 0 N–H and O–H groups in total. The molecule has 0 aliphatic heterocycles. The van der Waals surface area contributed by atoms with Gasteiger partial charge in [0.15, 0.2) is 5.78 Å². The maximum Gasteiger partial charge on any atom is 0.158 e. The molecule has 0 radical (unpaired) electrons. The van der Waals surface area contributed by atoms with Gasteiger partial charge in [-0.2, -0.15) is 0 Å². The number of ketones is 1. The first-order chi connectivity index (χ1) is 5.09. The van der Waals surface area contributed by atoms with E-state index in [1.54, 1.807) is 0 Å². The maximum atomic E-state index is 11.1. The third-order valence-electron chi connectivity index (χ3n) is 1.97. The summed E-state index contributed by atoms with van der Waals surface area (Å²) in [6.07, 6.45) is 2.80. The first kappa shape index (κ1) is 8.47. The Balaban J connectivity index is 2.47. The topological polar surface area (TPSA) is 20.3 Å². The standard InChI is InChI=1S/C9H15NO/c1-7-4-8(5-9(7)11)6-10(2)3/h4,8H,5-6H2,1-3H3/t8-/m0/s1. The van der Waals surface area contributed by atoms with Gasteiger partial charge in [0.1, 0.15) is 0 Å². The fourth-order valence-corrected chi connectivity index (χ4v) is 1.49. The number of hydrogen-bond acceptors (Lipinski definition) is 2. The van der Waals surface area contributed by atoms with Gasteiger partial charge in [-0.25, -0.2) is 0 Å². The molecule has 0 fully saturated rings. The van der Waals surface area contributed by atoms with Crippen LogP contribution in [0.15, 0.2) is 11.6 Å².